The highest BCUT2D eigenvalue weighted by Crippen LogP contribution is 2.53. The first-order valence-electron chi connectivity index (χ1n) is 46.3. The van der Waals surface area contributed by atoms with Crippen molar-refractivity contribution in [1.82, 2.24) is 0 Å². The second kappa shape index (κ2) is 33.9. The number of hydrogen-bond donors (Lipinski definition) is 0. The lowest BCUT2D eigenvalue weighted by Crippen LogP contribution is -1.94. The van der Waals surface area contributed by atoms with Gasteiger partial charge in [-0.2, -0.15) is 0 Å². The van der Waals surface area contributed by atoms with E-state index in [1.165, 1.54) is 176 Å². The summed E-state index contributed by atoms with van der Waals surface area (Å²) in [5, 5.41) is 21.8. The van der Waals surface area contributed by atoms with Crippen LogP contribution in [0.2, 0.25) is 0 Å². The smallest absolute Gasteiger partial charge is 0.143 e. The van der Waals surface area contributed by atoms with E-state index in [1.54, 1.807) is 0 Å². The minimum Gasteiger partial charge on any atom is -0.456 e. The Hall–Kier alpha value is -17.8. The van der Waals surface area contributed by atoms with Gasteiger partial charge in [-0.05, 0) is 223 Å². The van der Waals surface area contributed by atoms with Crippen LogP contribution in [-0.4, -0.2) is 0 Å². The first-order valence-corrected chi connectivity index (χ1v) is 46.3. The van der Waals surface area contributed by atoms with Crippen molar-refractivity contribution in [2.45, 2.75) is 0 Å². The van der Waals surface area contributed by atoms with Gasteiger partial charge >= 0.3 is 0 Å². The number of para-hydroxylation sites is 5. The summed E-state index contributed by atoms with van der Waals surface area (Å²) in [7, 11) is 0. The molecule has 0 aliphatic carbocycles. The summed E-state index contributed by atoms with van der Waals surface area (Å²) in [5.74, 6) is 0. The van der Waals surface area contributed by atoms with Gasteiger partial charge in [0, 0.05) is 43.4 Å². The third-order valence-electron chi connectivity index (χ3n) is 27.3. The fourth-order valence-electron chi connectivity index (χ4n) is 21.4. The van der Waals surface area contributed by atoms with Gasteiger partial charge in [-0.3, -0.25) is 0 Å². The van der Waals surface area contributed by atoms with Gasteiger partial charge in [-0.25, -0.2) is 0 Å². The van der Waals surface area contributed by atoms with E-state index < -0.39 is 0 Å². The third-order valence-corrected chi connectivity index (χ3v) is 27.3. The molecule has 3 nitrogen and oxygen atoms in total. The zero-order valence-electron chi connectivity index (χ0n) is 73.7. The van der Waals surface area contributed by atoms with E-state index in [2.05, 4.69) is 479 Å². The SMILES string of the molecule is c1ccc(-c2ccc(-c3c4ccccc4c(-c4cccc(-c5cccc6oc7ccccc7c56)c4)c4ccccc34)cc2)cc1.c1ccc(-c2ccccc2-c2c3ccccc3c(-c3cccc(-c4cccc5c4oc4ccccc45)c3)c3ccccc23)cc1.c1ccc(-c2ccccc2-c2c3ccccc3c(-c3ccccc3-c3cccc4c3oc3ccccc34)c3ccccc23)cc1. The van der Waals surface area contributed by atoms with E-state index in [0.717, 1.165) is 88.1 Å². The molecular formula is C132H84O3. The predicted molar refractivity (Wildman–Crippen MR) is 571 cm³/mol. The first-order chi connectivity index (χ1) is 67.0. The predicted octanol–water partition coefficient (Wildman–Crippen LogP) is 37.7. The molecule has 27 rings (SSSR count). The highest BCUT2D eigenvalue weighted by molar-refractivity contribution is 6.27. The van der Waals surface area contributed by atoms with Crippen molar-refractivity contribution in [2.75, 3.05) is 0 Å². The lowest BCUT2D eigenvalue weighted by Gasteiger charge is -2.21. The van der Waals surface area contributed by atoms with Crippen LogP contribution in [0.5, 0.6) is 0 Å². The maximum absolute atomic E-state index is 6.54. The van der Waals surface area contributed by atoms with E-state index in [-0.39, 0.29) is 0 Å². The summed E-state index contributed by atoms with van der Waals surface area (Å²) in [4.78, 5) is 0. The van der Waals surface area contributed by atoms with Crippen LogP contribution in [0.1, 0.15) is 0 Å². The quantitative estimate of drug-likeness (QED) is 0.114. The summed E-state index contributed by atoms with van der Waals surface area (Å²) in [6, 6.07) is 183. The Kier molecular flexibility index (Phi) is 20.0. The maximum atomic E-state index is 6.54. The zero-order valence-corrected chi connectivity index (χ0v) is 73.7. The lowest BCUT2D eigenvalue weighted by molar-refractivity contribution is 0.669. The minimum absolute atomic E-state index is 0.912. The Morgan fingerprint density at radius 2 is 0.341 bits per heavy atom. The molecule has 0 aliphatic heterocycles. The lowest BCUT2D eigenvalue weighted by atomic mass is 9.82. The Bertz CT molecular complexity index is 9120. The monoisotopic (exact) mass is 1720 g/mol. The van der Waals surface area contributed by atoms with Gasteiger partial charge in [0.2, 0.25) is 0 Å². The van der Waals surface area contributed by atoms with Crippen molar-refractivity contribution in [2.24, 2.45) is 0 Å². The van der Waals surface area contributed by atoms with Crippen molar-refractivity contribution < 1.29 is 13.3 Å². The molecule has 0 spiro atoms. The van der Waals surface area contributed by atoms with Crippen molar-refractivity contribution in [1.29, 1.82) is 0 Å². The van der Waals surface area contributed by atoms with Crippen LogP contribution in [0.3, 0.4) is 0 Å². The molecule has 0 bridgehead atoms. The van der Waals surface area contributed by atoms with E-state index in [1.807, 2.05) is 30.3 Å². The molecule has 0 N–H and O–H groups in total. The summed E-state index contributed by atoms with van der Waals surface area (Å²) in [5.41, 5.74) is 34.6. The summed E-state index contributed by atoms with van der Waals surface area (Å²) < 4.78 is 19.2. The molecule has 24 aromatic carbocycles. The van der Waals surface area contributed by atoms with Gasteiger partial charge in [0.1, 0.15) is 33.5 Å². The molecule has 0 fully saturated rings. The molecule has 3 aromatic heterocycles. The van der Waals surface area contributed by atoms with Crippen LogP contribution in [0.15, 0.2) is 523 Å². The topological polar surface area (TPSA) is 39.4 Å². The Morgan fingerprint density at radius 3 is 0.763 bits per heavy atom. The molecule has 0 atom stereocenters. The molecule has 0 saturated heterocycles. The highest BCUT2D eigenvalue weighted by atomic mass is 16.3. The van der Waals surface area contributed by atoms with Crippen LogP contribution >= 0.6 is 0 Å². The molecule has 3 heterocycles. The van der Waals surface area contributed by atoms with Gasteiger partial charge in [0.15, 0.2) is 0 Å². The van der Waals surface area contributed by atoms with Crippen molar-refractivity contribution in [3.63, 3.8) is 0 Å². The van der Waals surface area contributed by atoms with Crippen LogP contribution < -0.4 is 0 Å². The molecule has 0 radical (unpaired) electrons. The maximum Gasteiger partial charge on any atom is 0.143 e. The molecule has 0 unspecified atom stereocenters. The second-order valence-electron chi connectivity index (χ2n) is 34.8. The summed E-state index contributed by atoms with van der Waals surface area (Å²) >= 11 is 0. The molecule has 3 heteroatoms. The average molecular weight is 1720 g/mol. The highest BCUT2D eigenvalue weighted by Gasteiger charge is 2.26. The molecule has 27 aromatic rings. The largest absolute Gasteiger partial charge is 0.456 e. The number of benzene rings is 24. The standard InChI is InChI=1S/3C44H28O/c1-2-15-29(16-3-1)30-17-4-6-20-33(30)42-35-22-8-10-24-37(35)43(38-25-11-9-23-36(38)42)34-21-7-5-18-31(34)39-26-14-27-40-32-19-12-13-28-41(32)45-44(39)40;1-2-12-29(13-3-1)30-24-26-31(27-25-30)42-35-16-4-6-18-37(35)43(38-19-7-5-17-36(38)42)33-15-10-14-32(28-33)34-21-11-23-41-44(34)39-20-8-9-22-40(39)45-41;1-2-14-29(15-3-1)32-18-4-5-20-35(32)43-38-23-8-6-21-36(38)42(37-22-7-9-24-39(37)43)31-17-12-16-30(28-31)33-25-13-26-40-34-19-10-11-27-41(34)45-44(33)40/h3*1-28H. The van der Waals surface area contributed by atoms with Crippen LogP contribution in [0.4, 0.5) is 0 Å². The number of fused-ring (bicyclic) bond motifs is 15. The van der Waals surface area contributed by atoms with E-state index >= 15 is 0 Å². The molecule has 0 amide bonds. The summed E-state index contributed by atoms with van der Waals surface area (Å²) in [6.07, 6.45) is 0. The minimum atomic E-state index is 0.912. The van der Waals surface area contributed by atoms with E-state index in [0.29, 0.717) is 0 Å². The van der Waals surface area contributed by atoms with Crippen molar-refractivity contribution in [3.05, 3.63) is 510 Å². The summed E-state index contributed by atoms with van der Waals surface area (Å²) in [6.45, 7) is 0. The molecular weight excluding hydrogens is 1630 g/mol. The molecule has 0 saturated carbocycles. The van der Waals surface area contributed by atoms with Crippen LogP contribution in [0.25, 0.3) is 264 Å². The Labute approximate surface area is 781 Å². The fourth-order valence-corrected chi connectivity index (χ4v) is 21.4. The first kappa shape index (κ1) is 79.4. The average Bonchev–Trinajstić information content (AvgIpc) is 1.40. The van der Waals surface area contributed by atoms with Crippen molar-refractivity contribution in [3.8, 4) is 134 Å². The normalized spacial score (nSPS) is 11.6. The number of furan rings is 3. The molecule has 630 valence electrons. The second-order valence-corrected chi connectivity index (χ2v) is 34.8. The van der Waals surface area contributed by atoms with Gasteiger partial charge in [0.25, 0.3) is 0 Å². The van der Waals surface area contributed by atoms with E-state index in [9.17, 15) is 0 Å². The van der Waals surface area contributed by atoms with Crippen LogP contribution in [-0.2, 0) is 0 Å². The van der Waals surface area contributed by atoms with Gasteiger partial charge in [-0.1, -0.05) is 473 Å². The van der Waals surface area contributed by atoms with Gasteiger partial charge in [0.05, 0.1) is 0 Å². The molecule has 0 aliphatic rings. The van der Waals surface area contributed by atoms with E-state index in [4.69, 9.17) is 13.3 Å². The van der Waals surface area contributed by atoms with Gasteiger partial charge < -0.3 is 13.3 Å². The number of rotatable bonds is 12. The van der Waals surface area contributed by atoms with Crippen LogP contribution in [0, 0.1) is 0 Å². The van der Waals surface area contributed by atoms with Crippen molar-refractivity contribution >= 4 is 130 Å². The zero-order chi connectivity index (χ0) is 89.2. The fraction of sp³-hybridized carbons (Fsp3) is 0. The third kappa shape index (κ3) is 13.9. The number of hydrogen-bond acceptors (Lipinski definition) is 3. The Morgan fingerprint density at radius 1 is 0.104 bits per heavy atom. The molecule has 135 heavy (non-hydrogen) atoms. The van der Waals surface area contributed by atoms with Gasteiger partial charge in [-0.15, -0.1) is 0 Å². The Balaban J connectivity index is 0.000000108.